The molecule has 1 N–H and O–H groups in total. The van der Waals surface area contributed by atoms with E-state index < -0.39 is 5.92 Å². The molecule has 1 amide bonds. The second-order valence-electron chi connectivity index (χ2n) is 5.50. The summed E-state index contributed by atoms with van der Waals surface area (Å²) in [5.74, 6) is -0.645. The first-order valence-electron chi connectivity index (χ1n) is 7.63. The Bertz CT molecular complexity index is 464. The number of carbonyl (C=O) groups is 2. The number of hydrogen-bond acceptors (Lipinski definition) is 2. The van der Waals surface area contributed by atoms with Gasteiger partial charge in [-0.3, -0.25) is 9.59 Å². The average Bonchev–Trinajstić information content (AvgIpc) is 2.69. The summed E-state index contributed by atoms with van der Waals surface area (Å²) in [6.45, 7) is 2.86. The fraction of sp³-hybridized carbons (Fsp3) is 0.529. The minimum absolute atomic E-state index is 0.0357. The zero-order valence-electron chi connectivity index (χ0n) is 12.2. The molecule has 0 bridgehead atoms. The first-order valence-corrected chi connectivity index (χ1v) is 7.63. The van der Waals surface area contributed by atoms with Crippen LogP contribution in [0.1, 0.15) is 54.9 Å². The van der Waals surface area contributed by atoms with Crippen molar-refractivity contribution in [1.29, 1.82) is 0 Å². The Morgan fingerprint density at radius 3 is 2.70 bits per heavy atom. The molecule has 3 heteroatoms. The maximum absolute atomic E-state index is 12.4. The number of Topliss-reactive ketones (excluding diaryl/α,β-unsaturated/α-hetero) is 1. The van der Waals surface area contributed by atoms with Gasteiger partial charge >= 0.3 is 0 Å². The van der Waals surface area contributed by atoms with Crippen molar-refractivity contribution in [3.05, 3.63) is 35.4 Å². The summed E-state index contributed by atoms with van der Waals surface area (Å²) in [5.41, 5.74) is 1.92. The van der Waals surface area contributed by atoms with Crippen molar-refractivity contribution in [2.75, 3.05) is 6.54 Å². The number of amides is 1. The van der Waals surface area contributed by atoms with E-state index in [2.05, 4.69) is 12.2 Å². The van der Waals surface area contributed by atoms with Gasteiger partial charge in [-0.25, -0.2) is 0 Å². The first-order chi connectivity index (χ1) is 9.72. The predicted molar refractivity (Wildman–Crippen MR) is 79.7 cm³/mol. The number of nitrogens with one attached hydrogen (secondary N) is 1. The molecule has 1 aromatic carbocycles. The summed E-state index contributed by atoms with van der Waals surface area (Å²) in [7, 11) is 0. The third kappa shape index (κ3) is 3.69. The van der Waals surface area contributed by atoms with E-state index in [-0.39, 0.29) is 11.7 Å². The van der Waals surface area contributed by atoms with Gasteiger partial charge in [0.15, 0.2) is 5.78 Å². The Morgan fingerprint density at radius 1 is 1.25 bits per heavy atom. The summed E-state index contributed by atoms with van der Waals surface area (Å²) in [6.07, 6.45) is 5.95. The SMILES string of the molecule is CCCCc1ccc(C(=O)C2CCCCNC2=O)cc1. The molecule has 1 saturated heterocycles. The van der Waals surface area contributed by atoms with Gasteiger partial charge in [-0.1, -0.05) is 44.0 Å². The van der Waals surface area contributed by atoms with Gasteiger partial charge in [0.2, 0.25) is 5.91 Å². The van der Waals surface area contributed by atoms with Gasteiger partial charge in [0, 0.05) is 12.1 Å². The lowest BCUT2D eigenvalue weighted by atomic mass is 9.92. The highest BCUT2D eigenvalue weighted by Crippen LogP contribution is 2.19. The van der Waals surface area contributed by atoms with E-state index in [1.54, 1.807) is 0 Å². The summed E-state index contributed by atoms with van der Waals surface area (Å²) in [5, 5.41) is 2.82. The van der Waals surface area contributed by atoms with Gasteiger partial charge in [0.05, 0.1) is 0 Å². The highest BCUT2D eigenvalue weighted by atomic mass is 16.2. The fourth-order valence-corrected chi connectivity index (χ4v) is 2.61. The van der Waals surface area contributed by atoms with Crippen LogP contribution in [0.4, 0.5) is 0 Å². The molecule has 0 spiro atoms. The smallest absolute Gasteiger partial charge is 0.230 e. The van der Waals surface area contributed by atoms with Crippen LogP contribution in [0.2, 0.25) is 0 Å². The molecule has 1 aliphatic heterocycles. The predicted octanol–water partition coefficient (Wildman–Crippen LogP) is 3.13. The van der Waals surface area contributed by atoms with Gasteiger partial charge in [-0.2, -0.15) is 0 Å². The van der Waals surface area contributed by atoms with E-state index in [0.717, 1.165) is 19.3 Å². The second kappa shape index (κ2) is 7.22. The summed E-state index contributed by atoms with van der Waals surface area (Å²) in [6, 6.07) is 7.76. The lowest BCUT2D eigenvalue weighted by Gasteiger charge is -2.12. The van der Waals surface area contributed by atoms with Gasteiger partial charge in [0.1, 0.15) is 5.92 Å². The molecule has 2 rings (SSSR count). The Kier molecular flexibility index (Phi) is 5.33. The normalized spacial score (nSPS) is 19.2. The van der Waals surface area contributed by atoms with Crippen molar-refractivity contribution in [3.63, 3.8) is 0 Å². The van der Waals surface area contributed by atoms with E-state index in [1.165, 1.54) is 18.4 Å². The van der Waals surface area contributed by atoms with E-state index in [9.17, 15) is 9.59 Å². The molecule has 108 valence electrons. The lowest BCUT2D eigenvalue weighted by molar-refractivity contribution is -0.123. The Balaban J connectivity index is 2.06. The molecule has 1 heterocycles. The Labute approximate surface area is 120 Å². The van der Waals surface area contributed by atoms with Crippen LogP contribution in [0.3, 0.4) is 0 Å². The molecule has 20 heavy (non-hydrogen) atoms. The zero-order valence-corrected chi connectivity index (χ0v) is 12.2. The minimum Gasteiger partial charge on any atom is -0.355 e. The van der Waals surface area contributed by atoms with Crippen molar-refractivity contribution >= 4 is 11.7 Å². The molecule has 1 unspecified atom stereocenters. The maximum Gasteiger partial charge on any atom is 0.230 e. The van der Waals surface area contributed by atoms with Crippen molar-refractivity contribution in [1.82, 2.24) is 5.32 Å². The molecular weight excluding hydrogens is 250 g/mol. The van der Waals surface area contributed by atoms with Gasteiger partial charge in [0.25, 0.3) is 0 Å². The largest absolute Gasteiger partial charge is 0.355 e. The van der Waals surface area contributed by atoms with E-state index in [1.807, 2.05) is 24.3 Å². The summed E-state index contributed by atoms with van der Waals surface area (Å²) in [4.78, 5) is 24.3. The monoisotopic (exact) mass is 273 g/mol. The first kappa shape index (κ1) is 14.8. The van der Waals surface area contributed by atoms with E-state index >= 15 is 0 Å². The lowest BCUT2D eigenvalue weighted by Crippen LogP contribution is -2.33. The Morgan fingerprint density at radius 2 is 2.00 bits per heavy atom. The zero-order chi connectivity index (χ0) is 14.4. The second-order valence-corrected chi connectivity index (χ2v) is 5.50. The molecule has 1 fully saturated rings. The third-order valence-electron chi connectivity index (χ3n) is 3.91. The fourth-order valence-electron chi connectivity index (χ4n) is 2.61. The summed E-state index contributed by atoms with van der Waals surface area (Å²) >= 11 is 0. The van der Waals surface area contributed by atoms with Crippen molar-refractivity contribution < 1.29 is 9.59 Å². The minimum atomic E-state index is -0.501. The number of rotatable bonds is 5. The van der Waals surface area contributed by atoms with Gasteiger partial charge in [-0.15, -0.1) is 0 Å². The standard InChI is InChI=1S/C17H23NO2/c1-2-3-6-13-8-10-14(11-9-13)16(19)15-7-4-5-12-18-17(15)20/h8-11,15H,2-7,12H2,1H3,(H,18,20). The highest BCUT2D eigenvalue weighted by Gasteiger charge is 2.28. The number of unbranched alkanes of at least 4 members (excludes halogenated alkanes) is 1. The van der Waals surface area contributed by atoms with Crippen LogP contribution in [-0.4, -0.2) is 18.2 Å². The van der Waals surface area contributed by atoms with Crippen LogP contribution >= 0.6 is 0 Å². The molecule has 0 radical (unpaired) electrons. The van der Waals surface area contributed by atoms with Crippen LogP contribution in [0.15, 0.2) is 24.3 Å². The molecule has 1 aromatic rings. The third-order valence-corrected chi connectivity index (χ3v) is 3.91. The topological polar surface area (TPSA) is 46.2 Å². The number of hydrogen-bond donors (Lipinski definition) is 1. The van der Waals surface area contributed by atoms with Crippen LogP contribution in [0, 0.1) is 5.92 Å². The van der Waals surface area contributed by atoms with Crippen LogP contribution in [0.5, 0.6) is 0 Å². The van der Waals surface area contributed by atoms with Gasteiger partial charge < -0.3 is 5.32 Å². The van der Waals surface area contributed by atoms with Crippen molar-refractivity contribution in [2.45, 2.75) is 45.4 Å². The summed E-state index contributed by atoms with van der Waals surface area (Å²) < 4.78 is 0. The number of aryl methyl sites for hydroxylation is 1. The van der Waals surface area contributed by atoms with Crippen molar-refractivity contribution in [3.8, 4) is 0 Å². The number of ketones is 1. The van der Waals surface area contributed by atoms with Crippen LogP contribution in [0.25, 0.3) is 0 Å². The maximum atomic E-state index is 12.4. The van der Waals surface area contributed by atoms with E-state index in [4.69, 9.17) is 0 Å². The molecule has 0 saturated carbocycles. The average molecular weight is 273 g/mol. The quantitative estimate of drug-likeness (QED) is 0.662. The molecule has 1 aliphatic rings. The Hall–Kier alpha value is -1.64. The number of carbonyl (C=O) groups excluding carboxylic acids is 2. The molecule has 1 atom stereocenters. The molecular formula is C17H23NO2. The number of benzene rings is 1. The van der Waals surface area contributed by atoms with Crippen molar-refractivity contribution in [2.24, 2.45) is 5.92 Å². The molecule has 0 aliphatic carbocycles. The molecule has 3 nitrogen and oxygen atoms in total. The highest BCUT2D eigenvalue weighted by molar-refractivity contribution is 6.10. The van der Waals surface area contributed by atoms with Crippen LogP contribution in [-0.2, 0) is 11.2 Å². The molecule has 0 aromatic heterocycles. The van der Waals surface area contributed by atoms with E-state index in [0.29, 0.717) is 18.5 Å². The van der Waals surface area contributed by atoms with Gasteiger partial charge in [-0.05, 0) is 31.2 Å². The van der Waals surface area contributed by atoms with Crippen LogP contribution < -0.4 is 5.32 Å².